The van der Waals surface area contributed by atoms with Crippen molar-refractivity contribution in [3.63, 3.8) is 0 Å². The maximum atomic E-state index is 13.3. The standard InChI is InChI=1S/C10H9F2NO6S/c11-5-1-2-6(12)8(3-5)20(18,19)13-7(10(16)17)4-9(14)15/h1-3,7,13H,4H2,(H,14,15)(H,16,17). The molecule has 1 atom stereocenters. The molecule has 0 saturated heterocycles. The van der Waals surface area contributed by atoms with Gasteiger partial charge in [-0.15, -0.1) is 0 Å². The number of sulfonamides is 1. The van der Waals surface area contributed by atoms with Crippen LogP contribution in [-0.2, 0) is 19.6 Å². The summed E-state index contributed by atoms with van der Waals surface area (Å²) in [5.41, 5.74) is 0. The predicted octanol–water partition coefficient (Wildman–Crippen LogP) is 0.171. The van der Waals surface area contributed by atoms with Crippen LogP contribution in [0.2, 0.25) is 0 Å². The third kappa shape index (κ3) is 3.96. The number of hydrogen-bond donors (Lipinski definition) is 3. The quantitative estimate of drug-likeness (QED) is 0.689. The van der Waals surface area contributed by atoms with Crippen LogP contribution in [0.15, 0.2) is 23.1 Å². The first-order valence-electron chi connectivity index (χ1n) is 5.05. The van der Waals surface area contributed by atoms with Gasteiger partial charge in [0.25, 0.3) is 0 Å². The van der Waals surface area contributed by atoms with E-state index >= 15 is 0 Å². The minimum absolute atomic E-state index is 0.358. The van der Waals surface area contributed by atoms with E-state index in [2.05, 4.69) is 0 Å². The van der Waals surface area contributed by atoms with Gasteiger partial charge in [0.2, 0.25) is 10.0 Å². The molecule has 0 aromatic heterocycles. The Morgan fingerprint density at radius 2 is 1.85 bits per heavy atom. The van der Waals surface area contributed by atoms with Gasteiger partial charge in [0.1, 0.15) is 22.6 Å². The number of aliphatic carboxylic acids is 2. The van der Waals surface area contributed by atoms with E-state index in [1.807, 2.05) is 0 Å². The van der Waals surface area contributed by atoms with Crippen molar-refractivity contribution in [2.75, 3.05) is 0 Å². The molecular formula is C10H9F2NO6S. The molecule has 10 heteroatoms. The zero-order valence-corrected chi connectivity index (χ0v) is 10.5. The van der Waals surface area contributed by atoms with Crippen LogP contribution < -0.4 is 4.72 Å². The molecule has 0 radical (unpaired) electrons. The van der Waals surface area contributed by atoms with Crippen molar-refractivity contribution in [3.8, 4) is 0 Å². The summed E-state index contributed by atoms with van der Waals surface area (Å²) >= 11 is 0. The van der Waals surface area contributed by atoms with Gasteiger partial charge in [-0.3, -0.25) is 9.59 Å². The van der Waals surface area contributed by atoms with E-state index < -0.39 is 51.0 Å². The minimum Gasteiger partial charge on any atom is -0.481 e. The lowest BCUT2D eigenvalue weighted by atomic mass is 10.2. The number of carboxylic acid groups (broad SMARTS) is 2. The van der Waals surface area contributed by atoms with Gasteiger partial charge in [-0.25, -0.2) is 17.2 Å². The van der Waals surface area contributed by atoms with E-state index in [-0.39, 0.29) is 0 Å². The minimum atomic E-state index is -4.71. The molecule has 1 unspecified atom stereocenters. The fourth-order valence-electron chi connectivity index (χ4n) is 1.29. The second kappa shape index (κ2) is 5.92. The highest BCUT2D eigenvalue weighted by Gasteiger charge is 2.29. The second-order valence-corrected chi connectivity index (χ2v) is 5.37. The molecule has 20 heavy (non-hydrogen) atoms. The molecule has 3 N–H and O–H groups in total. The number of halogens is 2. The van der Waals surface area contributed by atoms with Crippen molar-refractivity contribution in [1.82, 2.24) is 4.72 Å². The first kappa shape index (κ1) is 16.0. The maximum absolute atomic E-state index is 13.3. The fourth-order valence-corrected chi connectivity index (χ4v) is 2.57. The molecule has 0 amide bonds. The Kier molecular flexibility index (Phi) is 4.73. The summed E-state index contributed by atoms with van der Waals surface area (Å²) in [5, 5.41) is 17.2. The highest BCUT2D eigenvalue weighted by molar-refractivity contribution is 7.89. The normalized spacial score (nSPS) is 12.9. The lowest BCUT2D eigenvalue weighted by molar-refractivity contribution is -0.145. The Morgan fingerprint density at radius 1 is 1.25 bits per heavy atom. The molecule has 0 fully saturated rings. The molecule has 0 heterocycles. The predicted molar refractivity (Wildman–Crippen MR) is 60.4 cm³/mol. The number of rotatable bonds is 6. The average Bonchev–Trinajstić information content (AvgIpc) is 2.30. The Labute approximate surface area is 111 Å². The van der Waals surface area contributed by atoms with Gasteiger partial charge in [0, 0.05) is 0 Å². The highest BCUT2D eigenvalue weighted by Crippen LogP contribution is 2.16. The van der Waals surface area contributed by atoms with Crippen LogP contribution in [0, 0.1) is 11.6 Å². The lowest BCUT2D eigenvalue weighted by Crippen LogP contribution is -2.42. The van der Waals surface area contributed by atoms with Crippen LogP contribution in [0.5, 0.6) is 0 Å². The number of nitrogens with one attached hydrogen (secondary N) is 1. The fraction of sp³-hybridized carbons (Fsp3) is 0.200. The number of benzene rings is 1. The summed E-state index contributed by atoms with van der Waals surface area (Å²) < 4.78 is 51.2. The monoisotopic (exact) mass is 309 g/mol. The zero-order valence-electron chi connectivity index (χ0n) is 9.71. The van der Waals surface area contributed by atoms with Gasteiger partial charge in [0.05, 0.1) is 6.42 Å². The molecule has 0 aliphatic heterocycles. The van der Waals surface area contributed by atoms with Gasteiger partial charge in [-0.1, -0.05) is 0 Å². The Hall–Kier alpha value is -2.07. The summed E-state index contributed by atoms with van der Waals surface area (Å²) in [4.78, 5) is 20.1. The van der Waals surface area contributed by atoms with Gasteiger partial charge < -0.3 is 10.2 Å². The molecule has 0 bridgehead atoms. The Bertz CT molecular complexity index is 645. The SMILES string of the molecule is O=C(O)CC(NS(=O)(=O)c1cc(F)ccc1F)C(=O)O. The lowest BCUT2D eigenvalue weighted by Gasteiger charge is -2.13. The van der Waals surface area contributed by atoms with E-state index in [9.17, 15) is 26.8 Å². The third-order valence-electron chi connectivity index (χ3n) is 2.16. The molecule has 0 spiro atoms. The van der Waals surface area contributed by atoms with Crippen LogP contribution in [0.4, 0.5) is 8.78 Å². The van der Waals surface area contributed by atoms with Gasteiger partial charge in [0.15, 0.2) is 0 Å². The van der Waals surface area contributed by atoms with Crippen molar-refractivity contribution < 1.29 is 37.0 Å². The summed E-state index contributed by atoms with van der Waals surface area (Å²) in [6.45, 7) is 0. The first-order valence-corrected chi connectivity index (χ1v) is 6.54. The average molecular weight is 309 g/mol. The van der Waals surface area contributed by atoms with Crippen molar-refractivity contribution in [3.05, 3.63) is 29.8 Å². The molecule has 0 aliphatic rings. The molecule has 0 saturated carbocycles. The van der Waals surface area contributed by atoms with Gasteiger partial charge in [-0.05, 0) is 18.2 Å². The van der Waals surface area contributed by atoms with Crippen LogP contribution in [0.1, 0.15) is 6.42 Å². The van der Waals surface area contributed by atoms with Crippen LogP contribution in [0.3, 0.4) is 0 Å². The Morgan fingerprint density at radius 3 is 2.35 bits per heavy atom. The molecule has 0 aliphatic carbocycles. The number of carbonyl (C=O) groups is 2. The molecule has 110 valence electrons. The summed E-state index contributed by atoms with van der Waals surface area (Å²) in [7, 11) is -4.71. The van der Waals surface area contributed by atoms with Gasteiger partial charge in [-0.2, -0.15) is 4.72 Å². The first-order chi connectivity index (χ1) is 9.13. The molecule has 1 aromatic carbocycles. The van der Waals surface area contributed by atoms with Crippen molar-refractivity contribution in [2.45, 2.75) is 17.4 Å². The van der Waals surface area contributed by atoms with Crippen molar-refractivity contribution in [1.29, 1.82) is 0 Å². The van der Waals surface area contributed by atoms with Crippen LogP contribution in [-0.4, -0.2) is 36.6 Å². The van der Waals surface area contributed by atoms with Crippen molar-refractivity contribution >= 4 is 22.0 Å². The third-order valence-corrected chi connectivity index (χ3v) is 3.64. The van der Waals surface area contributed by atoms with E-state index in [1.165, 1.54) is 4.72 Å². The number of hydrogen-bond acceptors (Lipinski definition) is 4. The smallest absolute Gasteiger partial charge is 0.322 e. The topological polar surface area (TPSA) is 121 Å². The highest BCUT2D eigenvalue weighted by atomic mass is 32.2. The summed E-state index contributed by atoms with van der Waals surface area (Å²) in [5.74, 6) is -5.66. The molecule has 1 rings (SSSR count). The van der Waals surface area contributed by atoms with E-state index in [4.69, 9.17) is 10.2 Å². The summed E-state index contributed by atoms with van der Waals surface area (Å²) in [6, 6.07) is -0.408. The van der Waals surface area contributed by atoms with E-state index in [1.54, 1.807) is 0 Å². The summed E-state index contributed by atoms with van der Waals surface area (Å²) in [6.07, 6.45) is -1.05. The van der Waals surface area contributed by atoms with E-state index in [0.29, 0.717) is 18.2 Å². The number of carboxylic acids is 2. The molecule has 7 nitrogen and oxygen atoms in total. The van der Waals surface area contributed by atoms with Crippen LogP contribution in [0.25, 0.3) is 0 Å². The molecule has 1 aromatic rings. The van der Waals surface area contributed by atoms with Gasteiger partial charge >= 0.3 is 11.9 Å². The van der Waals surface area contributed by atoms with Crippen molar-refractivity contribution in [2.24, 2.45) is 0 Å². The second-order valence-electron chi connectivity index (χ2n) is 3.68. The zero-order chi connectivity index (χ0) is 15.5. The van der Waals surface area contributed by atoms with Crippen LogP contribution >= 0.6 is 0 Å². The molecular weight excluding hydrogens is 300 g/mol. The van der Waals surface area contributed by atoms with E-state index in [0.717, 1.165) is 0 Å². The Balaban J connectivity index is 3.12. The maximum Gasteiger partial charge on any atom is 0.322 e. The largest absolute Gasteiger partial charge is 0.481 e.